The first-order valence-electron chi connectivity index (χ1n) is 6.28. The second kappa shape index (κ2) is 5.68. The lowest BCUT2D eigenvalue weighted by Crippen LogP contribution is -2.42. The van der Waals surface area contributed by atoms with Crippen LogP contribution >= 0.6 is 0 Å². The zero-order valence-corrected chi connectivity index (χ0v) is 10.5. The second-order valence-electron chi connectivity index (χ2n) is 4.94. The number of nitro groups is 1. The first kappa shape index (κ1) is 14.6. The van der Waals surface area contributed by atoms with Gasteiger partial charge in [0, 0.05) is 11.3 Å². The molecule has 0 bridgehead atoms. The minimum absolute atomic E-state index is 0.00841. The van der Waals surface area contributed by atoms with Crippen molar-refractivity contribution in [2.24, 2.45) is 5.92 Å². The van der Waals surface area contributed by atoms with Crippen molar-refractivity contribution in [3.63, 3.8) is 0 Å². The fourth-order valence-corrected chi connectivity index (χ4v) is 2.47. The number of ether oxygens (including phenoxy) is 1. The van der Waals surface area contributed by atoms with Gasteiger partial charge in [-0.05, 0) is 18.6 Å². The summed E-state index contributed by atoms with van der Waals surface area (Å²) in [6, 6.07) is 7.20. The summed E-state index contributed by atoms with van der Waals surface area (Å²) in [5.74, 6) is -1.25. The molecule has 1 aromatic carbocycles. The Morgan fingerprint density at radius 1 is 1.15 bits per heavy atom. The number of alkyl halides is 3. The number of nitrogens with zero attached hydrogens (tertiary/aromatic N) is 1. The highest BCUT2D eigenvalue weighted by Crippen LogP contribution is 2.39. The summed E-state index contributed by atoms with van der Waals surface area (Å²) < 4.78 is 43.9. The normalized spacial score (nSPS) is 27.1. The summed E-state index contributed by atoms with van der Waals surface area (Å²) >= 11 is 0. The highest BCUT2D eigenvalue weighted by molar-refractivity contribution is 5.21. The van der Waals surface area contributed by atoms with Crippen LogP contribution in [-0.2, 0) is 0 Å². The highest BCUT2D eigenvalue weighted by Gasteiger charge is 2.48. The molecule has 7 heteroatoms. The van der Waals surface area contributed by atoms with Gasteiger partial charge in [-0.2, -0.15) is 13.2 Å². The molecule has 0 heterocycles. The molecule has 0 aliphatic heterocycles. The van der Waals surface area contributed by atoms with E-state index in [9.17, 15) is 23.3 Å². The van der Waals surface area contributed by atoms with Gasteiger partial charge in [-0.15, -0.1) is 0 Å². The maximum Gasteiger partial charge on any atom is 0.392 e. The van der Waals surface area contributed by atoms with Gasteiger partial charge in [0.25, 0.3) is 0 Å². The Morgan fingerprint density at radius 2 is 1.80 bits per heavy atom. The molecule has 1 aliphatic carbocycles. The molecule has 0 N–H and O–H groups in total. The van der Waals surface area contributed by atoms with Crippen molar-refractivity contribution in [2.75, 3.05) is 0 Å². The van der Waals surface area contributed by atoms with Gasteiger partial charge in [0.1, 0.15) is 11.9 Å². The molecule has 1 aromatic rings. The Labute approximate surface area is 113 Å². The highest BCUT2D eigenvalue weighted by atomic mass is 19.4. The second-order valence-corrected chi connectivity index (χ2v) is 4.94. The SMILES string of the molecule is O=[N+]([O-])C1CC(Oc2ccccc2)CC(C(F)(F)F)C1. The zero-order chi connectivity index (χ0) is 14.8. The molecule has 1 saturated carbocycles. The number of halogens is 3. The minimum atomic E-state index is -4.42. The summed E-state index contributed by atoms with van der Waals surface area (Å²) in [5, 5.41) is 10.8. The predicted molar refractivity (Wildman–Crippen MR) is 65.0 cm³/mol. The van der Waals surface area contributed by atoms with E-state index in [1.54, 1.807) is 30.3 Å². The third-order valence-corrected chi connectivity index (χ3v) is 3.45. The van der Waals surface area contributed by atoms with Crippen LogP contribution in [0.3, 0.4) is 0 Å². The van der Waals surface area contributed by atoms with Crippen LogP contribution in [0.2, 0.25) is 0 Å². The van der Waals surface area contributed by atoms with Crippen molar-refractivity contribution in [3.05, 3.63) is 40.4 Å². The van der Waals surface area contributed by atoms with Crippen LogP contribution in [0.4, 0.5) is 13.2 Å². The van der Waals surface area contributed by atoms with E-state index in [2.05, 4.69) is 0 Å². The zero-order valence-electron chi connectivity index (χ0n) is 10.5. The van der Waals surface area contributed by atoms with Crippen LogP contribution in [0.15, 0.2) is 30.3 Å². The summed E-state index contributed by atoms with van der Waals surface area (Å²) in [4.78, 5) is 10.2. The van der Waals surface area contributed by atoms with Crippen molar-refractivity contribution in [2.45, 2.75) is 37.6 Å². The third kappa shape index (κ3) is 3.61. The molecule has 0 radical (unpaired) electrons. The maximum atomic E-state index is 12.8. The molecule has 4 nitrogen and oxygen atoms in total. The largest absolute Gasteiger partial charge is 0.490 e. The average molecular weight is 289 g/mol. The first-order chi connectivity index (χ1) is 9.36. The molecule has 1 aliphatic rings. The lowest BCUT2D eigenvalue weighted by Gasteiger charge is -2.32. The van der Waals surface area contributed by atoms with Gasteiger partial charge in [-0.1, -0.05) is 18.2 Å². The van der Waals surface area contributed by atoms with E-state index in [0.29, 0.717) is 5.75 Å². The molecular weight excluding hydrogens is 275 g/mol. The number of rotatable bonds is 3. The summed E-state index contributed by atoms with van der Waals surface area (Å²) in [6.07, 6.45) is -5.90. The predicted octanol–water partition coefficient (Wildman–Crippen LogP) is 3.44. The van der Waals surface area contributed by atoms with E-state index in [-0.39, 0.29) is 12.8 Å². The van der Waals surface area contributed by atoms with Gasteiger partial charge >= 0.3 is 6.18 Å². The fourth-order valence-electron chi connectivity index (χ4n) is 2.47. The number of para-hydroxylation sites is 1. The quantitative estimate of drug-likeness (QED) is 0.632. The van der Waals surface area contributed by atoms with E-state index in [1.807, 2.05) is 0 Å². The molecule has 0 aromatic heterocycles. The van der Waals surface area contributed by atoms with Crippen LogP contribution in [0.5, 0.6) is 5.75 Å². The number of hydrogen-bond donors (Lipinski definition) is 0. The number of benzene rings is 1. The lowest BCUT2D eigenvalue weighted by molar-refractivity contribution is -0.532. The topological polar surface area (TPSA) is 52.4 Å². The molecule has 110 valence electrons. The van der Waals surface area contributed by atoms with Crippen molar-refractivity contribution in [1.29, 1.82) is 0 Å². The Morgan fingerprint density at radius 3 is 2.35 bits per heavy atom. The Hall–Kier alpha value is -1.79. The van der Waals surface area contributed by atoms with E-state index in [0.717, 1.165) is 0 Å². The van der Waals surface area contributed by atoms with Crippen LogP contribution in [0.1, 0.15) is 19.3 Å². The van der Waals surface area contributed by atoms with Gasteiger partial charge in [-0.3, -0.25) is 10.1 Å². The first-order valence-corrected chi connectivity index (χ1v) is 6.28. The molecule has 3 atom stereocenters. The molecule has 0 amide bonds. The molecule has 0 saturated heterocycles. The van der Waals surface area contributed by atoms with Crippen molar-refractivity contribution < 1.29 is 22.8 Å². The van der Waals surface area contributed by atoms with E-state index < -0.39 is 35.6 Å². The molecule has 20 heavy (non-hydrogen) atoms. The van der Waals surface area contributed by atoms with Gasteiger partial charge in [0.05, 0.1) is 12.3 Å². The Kier molecular flexibility index (Phi) is 4.15. The average Bonchev–Trinajstić information content (AvgIpc) is 2.38. The summed E-state index contributed by atoms with van der Waals surface area (Å²) in [7, 11) is 0. The van der Waals surface area contributed by atoms with Crippen molar-refractivity contribution >= 4 is 0 Å². The summed E-state index contributed by atoms with van der Waals surface area (Å²) in [5.41, 5.74) is 0. The van der Waals surface area contributed by atoms with Crippen molar-refractivity contribution in [3.8, 4) is 5.75 Å². The van der Waals surface area contributed by atoms with Crippen molar-refractivity contribution in [1.82, 2.24) is 0 Å². The molecule has 1 fully saturated rings. The van der Waals surface area contributed by atoms with Gasteiger partial charge in [-0.25, -0.2) is 0 Å². The standard InChI is InChI=1S/C13H14F3NO3/c14-13(15,16)9-6-10(17(18)19)8-12(7-9)20-11-4-2-1-3-5-11/h1-5,9-10,12H,6-8H2. The Bertz CT molecular complexity index is 464. The molecule has 2 rings (SSSR count). The molecule has 3 unspecified atom stereocenters. The lowest BCUT2D eigenvalue weighted by atomic mass is 9.83. The molecule has 0 spiro atoms. The van der Waals surface area contributed by atoms with Gasteiger partial charge in [0.15, 0.2) is 0 Å². The maximum absolute atomic E-state index is 12.8. The van der Waals surface area contributed by atoms with Gasteiger partial charge < -0.3 is 4.74 Å². The smallest absolute Gasteiger partial charge is 0.392 e. The summed E-state index contributed by atoms with van der Waals surface area (Å²) in [6.45, 7) is 0. The van der Waals surface area contributed by atoms with E-state index in [1.165, 1.54) is 0 Å². The Balaban J connectivity index is 2.10. The molecular formula is C13H14F3NO3. The van der Waals surface area contributed by atoms with Crippen LogP contribution in [-0.4, -0.2) is 23.2 Å². The monoisotopic (exact) mass is 289 g/mol. The number of hydrogen-bond acceptors (Lipinski definition) is 3. The van der Waals surface area contributed by atoms with Gasteiger partial charge in [0.2, 0.25) is 6.04 Å². The fraction of sp³-hybridized carbons (Fsp3) is 0.538. The minimum Gasteiger partial charge on any atom is -0.490 e. The van der Waals surface area contributed by atoms with Crippen LogP contribution in [0, 0.1) is 16.0 Å². The van der Waals surface area contributed by atoms with Crippen LogP contribution < -0.4 is 4.74 Å². The van der Waals surface area contributed by atoms with E-state index >= 15 is 0 Å². The van der Waals surface area contributed by atoms with E-state index in [4.69, 9.17) is 4.74 Å². The third-order valence-electron chi connectivity index (χ3n) is 3.45. The van der Waals surface area contributed by atoms with Crippen LogP contribution in [0.25, 0.3) is 0 Å².